The summed E-state index contributed by atoms with van der Waals surface area (Å²) >= 11 is 0. The summed E-state index contributed by atoms with van der Waals surface area (Å²) in [6, 6.07) is 1.23. The van der Waals surface area contributed by atoms with Crippen LogP contribution in [0.3, 0.4) is 0 Å². The molecule has 1 N–H and O–H groups in total. The van der Waals surface area contributed by atoms with Gasteiger partial charge in [0.25, 0.3) is 0 Å². The Morgan fingerprint density at radius 2 is 1.93 bits per heavy atom. The first-order chi connectivity index (χ1) is 7.22. The molecule has 0 aromatic carbocycles. The molecule has 2 fully saturated rings. The molecule has 1 saturated carbocycles. The molecule has 2 heteroatoms. The van der Waals surface area contributed by atoms with Crippen molar-refractivity contribution in [3.05, 3.63) is 0 Å². The van der Waals surface area contributed by atoms with E-state index in [0.29, 0.717) is 12.6 Å². The zero-order valence-corrected chi connectivity index (χ0v) is 10.2. The fourth-order valence-corrected chi connectivity index (χ4v) is 3.36. The molecule has 1 aliphatic carbocycles. The summed E-state index contributed by atoms with van der Waals surface area (Å²) in [7, 11) is 0. The number of aliphatic hydroxyl groups excluding tert-OH is 1. The van der Waals surface area contributed by atoms with E-state index in [1.165, 1.54) is 38.6 Å². The molecule has 1 heterocycles. The van der Waals surface area contributed by atoms with Crippen LogP contribution in [0.5, 0.6) is 0 Å². The van der Waals surface area contributed by atoms with Crippen molar-refractivity contribution >= 4 is 0 Å². The highest BCUT2D eigenvalue weighted by molar-refractivity contribution is 4.88. The SMILES string of the molecule is CC1CCC(N2CCCC2CO)CC1C. The number of likely N-dealkylation sites (tertiary alicyclic amines) is 1. The highest BCUT2D eigenvalue weighted by Crippen LogP contribution is 2.34. The lowest BCUT2D eigenvalue weighted by Gasteiger charge is -2.39. The van der Waals surface area contributed by atoms with Crippen LogP contribution in [0.1, 0.15) is 46.0 Å². The molecule has 0 aromatic rings. The van der Waals surface area contributed by atoms with Crippen molar-refractivity contribution in [3.63, 3.8) is 0 Å². The molecule has 2 nitrogen and oxygen atoms in total. The van der Waals surface area contributed by atoms with Crippen LogP contribution in [0.25, 0.3) is 0 Å². The molecule has 0 spiro atoms. The predicted octanol–water partition coefficient (Wildman–Crippen LogP) is 2.27. The summed E-state index contributed by atoms with van der Waals surface area (Å²) in [6.45, 7) is 6.35. The Morgan fingerprint density at radius 1 is 1.13 bits per heavy atom. The predicted molar refractivity (Wildman–Crippen MR) is 62.8 cm³/mol. The third-order valence-corrected chi connectivity index (χ3v) is 4.67. The van der Waals surface area contributed by atoms with E-state index in [1.54, 1.807) is 0 Å². The topological polar surface area (TPSA) is 23.5 Å². The first kappa shape index (κ1) is 11.4. The van der Waals surface area contributed by atoms with E-state index in [4.69, 9.17) is 0 Å². The second kappa shape index (κ2) is 4.84. The molecule has 0 amide bonds. The summed E-state index contributed by atoms with van der Waals surface area (Å²) in [5.41, 5.74) is 0. The maximum atomic E-state index is 9.34. The van der Waals surface area contributed by atoms with Crippen LogP contribution < -0.4 is 0 Å². The van der Waals surface area contributed by atoms with Gasteiger partial charge >= 0.3 is 0 Å². The molecule has 4 atom stereocenters. The van der Waals surface area contributed by atoms with Crippen molar-refractivity contribution in [3.8, 4) is 0 Å². The van der Waals surface area contributed by atoms with Gasteiger partial charge < -0.3 is 5.11 Å². The van der Waals surface area contributed by atoms with E-state index in [2.05, 4.69) is 18.7 Å². The van der Waals surface area contributed by atoms with E-state index >= 15 is 0 Å². The van der Waals surface area contributed by atoms with Crippen LogP contribution in [0, 0.1) is 11.8 Å². The molecule has 2 aliphatic rings. The van der Waals surface area contributed by atoms with Gasteiger partial charge in [0.15, 0.2) is 0 Å². The highest BCUT2D eigenvalue weighted by atomic mass is 16.3. The third kappa shape index (κ3) is 2.36. The van der Waals surface area contributed by atoms with E-state index < -0.39 is 0 Å². The Hall–Kier alpha value is -0.0800. The van der Waals surface area contributed by atoms with Gasteiger partial charge in [-0.15, -0.1) is 0 Å². The molecule has 1 saturated heterocycles. The Kier molecular flexibility index (Phi) is 3.68. The van der Waals surface area contributed by atoms with E-state index in [0.717, 1.165) is 17.9 Å². The zero-order valence-electron chi connectivity index (χ0n) is 10.2. The minimum absolute atomic E-state index is 0.362. The summed E-state index contributed by atoms with van der Waals surface area (Å²) < 4.78 is 0. The minimum atomic E-state index is 0.362. The summed E-state index contributed by atoms with van der Waals surface area (Å²) in [5.74, 6) is 1.76. The Balaban J connectivity index is 1.93. The van der Waals surface area contributed by atoms with Crippen molar-refractivity contribution in [2.75, 3.05) is 13.2 Å². The van der Waals surface area contributed by atoms with Gasteiger partial charge in [-0.1, -0.05) is 13.8 Å². The van der Waals surface area contributed by atoms with Crippen LogP contribution in [-0.4, -0.2) is 35.2 Å². The number of hydrogen-bond acceptors (Lipinski definition) is 2. The Bertz CT molecular complexity index is 207. The van der Waals surface area contributed by atoms with E-state index in [9.17, 15) is 5.11 Å². The van der Waals surface area contributed by atoms with Crippen LogP contribution in [0.4, 0.5) is 0 Å². The molecular formula is C13H25NO. The average Bonchev–Trinajstić information content (AvgIpc) is 2.70. The van der Waals surface area contributed by atoms with Crippen molar-refractivity contribution in [1.82, 2.24) is 4.90 Å². The second-order valence-electron chi connectivity index (χ2n) is 5.64. The maximum absolute atomic E-state index is 9.34. The van der Waals surface area contributed by atoms with Crippen LogP contribution >= 0.6 is 0 Å². The molecule has 2 rings (SSSR count). The summed E-state index contributed by atoms with van der Waals surface area (Å²) in [4.78, 5) is 2.59. The smallest absolute Gasteiger partial charge is 0.0586 e. The highest BCUT2D eigenvalue weighted by Gasteiger charge is 2.34. The number of hydrogen-bond donors (Lipinski definition) is 1. The Morgan fingerprint density at radius 3 is 2.60 bits per heavy atom. The third-order valence-electron chi connectivity index (χ3n) is 4.67. The first-order valence-corrected chi connectivity index (χ1v) is 6.59. The molecule has 0 aromatic heterocycles. The number of nitrogens with zero attached hydrogens (tertiary/aromatic N) is 1. The van der Waals surface area contributed by atoms with Crippen molar-refractivity contribution < 1.29 is 5.11 Å². The molecule has 15 heavy (non-hydrogen) atoms. The second-order valence-corrected chi connectivity index (χ2v) is 5.64. The minimum Gasteiger partial charge on any atom is -0.395 e. The van der Waals surface area contributed by atoms with Crippen LogP contribution in [-0.2, 0) is 0 Å². The number of rotatable bonds is 2. The molecular weight excluding hydrogens is 186 g/mol. The number of aliphatic hydroxyl groups is 1. The molecule has 1 aliphatic heterocycles. The van der Waals surface area contributed by atoms with E-state index in [1.807, 2.05) is 0 Å². The summed E-state index contributed by atoms with van der Waals surface area (Å²) in [6.07, 6.45) is 6.56. The monoisotopic (exact) mass is 211 g/mol. The normalized spacial score (nSPS) is 43.4. The largest absolute Gasteiger partial charge is 0.395 e. The lowest BCUT2D eigenvalue weighted by molar-refractivity contribution is 0.0712. The van der Waals surface area contributed by atoms with Gasteiger partial charge in [-0.2, -0.15) is 0 Å². The average molecular weight is 211 g/mol. The van der Waals surface area contributed by atoms with Gasteiger partial charge in [-0.3, -0.25) is 4.90 Å². The first-order valence-electron chi connectivity index (χ1n) is 6.59. The van der Waals surface area contributed by atoms with Gasteiger partial charge in [0.1, 0.15) is 0 Å². The van der Waals surface area contributed by atoms with Gasteiger partial charge in [0.05, 0.1) is 6.61 Å². The molecule has 0 bridgehead atoms. The fourth-order valence-electron chi connectivity index (χ4n) is 3.36. The lowest BCUT2D eigenvalue weighted by atomic mass is 9.78. The van der Waals surface area contributed by atoms with Gasteiger partial charge in [-0.05, 0) is 50.5 Å². The van der Waals surface area contributed by atoms with Gasteiger partial charge in [-0.25, -0.2) is 0 Å². The van der Waals surface area contributed by atoms with Crippen molar-refractivity contribution in [2.24, 2.45) is 11.8 Å². The lowest BCUT2D eigenvalue weighted by Crippen LogP contribution is -2.44. The molecule has 4 unspecified atom stereocenters. The quantitative estimate of drug-likeness (QED) is 0.757. The molecule has 0 radical (unpaired) electrons. The Labute approximate surface area is 93.7 Å². The fraction of sp³-hybridized carbons (Fsp3) is 1.00. The summed E-state index contributed by atoms with van der Waals surface area (Å²) in [5, 5.41) is 9.34. The molecule has 88 valence electrons. The van der Waals surface area contributed by atoms with Crippen molar-refractivity contribution in [2.45, 2.75) is 58.0 Å². The van der Waals surface area contributed by atoms with E-state index in [-0.39, 0.29) is 0 Å². The van der Waals surface area contributed by atoms with Crippen LogP contribution in [0.15, 0.2) is 0 Å². The van der Waals surface area contributed by atoms with Crippen LogP contribution in [0.2, 0.25) is 0 Å². The maximum Gasteiger partial charge on any atom is 0.0586 e. The standard InChI is InChI=1S/C13H25NO/c1-10-5-6-12(8-11(10)2)14-7-3-4-13(14)9-15/h10-13,15H,3-9H2,1-2H3. The van der Waals surface area contributed by atoms with Gasteiger partial charge in [0, 0.05) is 12.1 Å². The van der Waals surface area contributed by atoms with Gasteiger partial charge in [0.2, 0.25) is 0 Å². The van der Waals surface area contributed by atoms with Crippen molar-refractivity contribution in [1.29, 1.82) is 0 Å². The zero-order chi connectivity index (χ0) is 10.8.